The van der Waals surface area contributed by atoms with Crippen molar-refractivity contribution in [2.24, 2.45) is 0 Å². The number of likely N-dealkylation sites (N-methyl/N-ethyl adjacent to an activating group) is 1. The lowest BCUT2D eigenvalue weighted by Gasteiger charge is -2.20. The van der Waals surface area contributed by atoms with Gasteiger partial charge in [-0.2, -0.15) is 13.2 Å². The maximum absolute atomic E-state index is 13.0. The second-order valence-electron chi connectivity index (χ2n) is 6.52. The number of hydrogen-bond acceptors (Lipinski definition) is 4. The summed E-state index contributed by atoms with van der Waals surface area (Å²) in [4.78, 5) is 26.0. The number of nitrogens with zero attached hydrogens (tertiary/aromatic N) is 1. The first-order valence-electron chi connectivity index (χ1n) is 9.31. The highest BCUT2D eigenvalue weighted by molar-refractivity contribution is 5.93. The van der Waals surface area contributed by atoms with Gasteiger partial charge in [0.2, 0.25) is 11.8 Å². The number of alkyl halides is 3. The molecule has 6 nitrogen and oxygen atoms in total. The minimum Gasteiger partial charge on any atom is -0.497 e. The first kappa shape index (κ1) is 23.2. The molecule has 0 saturated carbocycles. The standard InChI is InChI=1S/C21H24F3N3O3/c1-3-27(13-19(28)25-12-15-7-6-8-16(11-15)30-2)14-20(29)26-18-10-5-4-9-17(18)21(22,23)24/h4-11H,3,12-14H2,1-2H3,(H,25,28)(H,26,29). The first-order valence-corrected chi connectivity index (χ1v) is 9.31. The highest BCUT2D eigenvalue weighted by Crippen LogP contribution is 2.34. The predicted octanol–water partition coefficient (Wildman–Crippen LogP) is 3.29. The number of carbonyl (C=O) groups is 2. The summed E-state index contributed by atoms with van der Waals surface area (Å²) < 4.78 is 44.3. The Morgan fingerprint density at radius 2 is 1.73 bits per heavy atom. The minimum absolute atomic E-state index is 0.0607. The van der Waals surface area contributed by atoms with E-state index >= 15 is 0 Å². The Labute approximate surface area is 173 Å². The third-order valence-electron chi connectivity index (χ3n) is 4.31. The number of anilines is 1. The van der Waals surface area contributed by atoms with Crippen molar-refractivity contribution in [3.05, 3.63) is 59.7 Å². The van der Waals surface area contributed by atoms with Crippen LogP contribution < -0.4 is 15.4 Å². The van der Waals surface area contributed by atoms with Gasteiger partial charge in [0.25, 0.3) is 0 Å². The fourth-order valence-electron chi connectivity index (χ4n) is 2.75. The summed E-state index contributed by atoms with van der Waals surface area (Å²) in [5.74, 6) is -0.259. The van der Waals surface area contributed by atoms with Crippen LogP contribution in [0.2, 0.25) is 0 Å². The SMILES string of the molecule is CCN(CC(=O)NCc1cccc(OC)c1)CC(=O)Nc1ccccc1C(F)(F)F. The van der Waals surface area contributed by atoms with E-state index in [1.165, 1.54) is 23.1 Å². The van der Waals surface area contributed by atoms with E-state index < -0.39 is 17.6 Å². The first-order chi connectivity index (χ1) is 14.2. The number of benzene rings is 2. The zero-order valence-corrected chi connectivity index (χ0v) is 16.8. The molecule has 0 aliphatic rings. The largest absolute Gasteiger partial charge is 0.497 e. The van der Waals surface area contributed by atoms with Crippen LogP contribution in [0.25, 0.3) is 0 Å². The normalized spacial score (nSPS) is 11.3. The van der Waals surface area contributed by atoms with Gasteiger partial charge >= 0.3 is 6.18 Å². The summed E-state index contributed by atoms with van der Waals surface area (Å²) in [5.41, 5.74) is -0.377. The molecule has 9 heteroatoms. The van der Waals surface area contributed by atoms with Gasteiger partial charge in [0, 0.05) is 6.54 Å². The number of halogens is 3. The topological polar surface area (TPSA) is 70.7 Å². The van der Waals surface area contributed by atoms with Crippen LogP contribution >= 0.6 is 0 Å². The molecule has 0 saturated heterocycles. The van der Waals surface area contributed by atoms with Crippen LogP contribution in [-0.2, 0) is 22.3 Å². The van der Waals surface area contributed by atoms with Crippen LogP contribution in [0.5, 0.6) is 5.75 Å². The Morgan fingerprint density at radius 1 is 1.03 bits per heavy atom. The molecule has 0 spiro atoms. The second-order valence-corrected chi connectivity index (χ2v) is 6.52. The smallest absolute Gasteiger partial charge is 0.418 e. The lowest BCUT2D eigenvalue weighted by atomic mass is 10.1. The summed E-state index contributed by atoms with van der Waals surface area (Å²) in [6, 6.07) is 12.0. The maximum atomic E-state index is 13.0. The van der Waals surface area contributed by atoms with Crippen molar-refractivity contribution in [3.8, 4) is 5.75 Å². The maximum Gasteiger partial charge on any atom is 0.418 e. The Morgan fingerprint density at radius 3 is 2.40 bits per heavy atom. The van der Waals surface area contributed by atoms with Gasteiger partial charge in [0.1, 0.15) is 5.75 Å². The van der Waals surface area contributed by atoms with E-state index in [0.717, 1.165) is 11.6 Å². The van der Waals surface area contributed by atoms with Crippen molar-refractivity contribution in [2.45, 2.75) is 19.6 Å². The third-order valence-corrected chi connectivity index (χ3v) is 4.31. The van der Waals surface area contributed by atoms with E-state index in [9.17, 15) is 22.8 Å². The average Bonchev–Trinajstić information content (AvgIpc) is 2.71. The van der Waals surface area contributed by atoms with Crippen LogP contribution in [0, 0.1) is 0 Å². The molecule has 0 bridgehead atoms. The molecule has 0 radical (unpaired) electrons. The summed E-state index contributed by atoms with van der Waals surface area (Å²) >= 11 is 0. The molecular weight excluding hydrogens is 399 g/mol. The molecule has 0 unspecified atom stereocenters. The van der Waals surface area contributed by atoms with E-state index in [-0.39, 0.29) is 24.7 Å². The van der Waals surface area contributed by atoms with E-state index in [4.69, 9.17) is 4.74 Å². The van der Waals surface area contributed by atoms with Crippen LogP contribution in [0.3, 0.4) is 0 Å². The molecule has 2 aromatic carbocycles. The van der Waals surface area contributed by atoms with E-state index in [0.29, 0.717) is 18.8 Å². The Bertz CT molecular complexity index is 872. The monoisotopic (exact) mass is 423 g/mol. The molecule has 2 N–H and O–H groups in total. The van der Waals surface area contributed by atoms with Gasteiger partial charge in [-0.05, 0) is 36.4 Å². The van der Waals surface area contributed by atoms with Gasteiger partial charge in [-0.25, -0.2) is 0 Å². The number of nitrogens with one attached hydrogen (secondary N) is 2. The number of hydrogen-bond donors (Lipinski definition) is 2. The van der Waals surface area contributed by atoms with Gasteiger partial charge < -0.3 is 15.4 Å². The number of methoxy groups -OCH3 is 1. The zero-order valence-electron chi connectivity index (χ0n) is 16.8. The van der Waals surface area contributed by atoms with Gasteiger partial charge in [-0.15, -0.1) is 0 Å². The van der Waals surface area contributed by atoms with Crippen molar-refractivity contribution in [3.63, 3.8) is 0 Å². The highest BCUT2D eigenvalue weighted by Gasteiger charge is 2.33. The molecule has 30 heavy (non-hydrogen) atoms. The lowest BCUT2D eigenvalue weighted by molar-refractivity contribution is -0.137. The quantitative estimate of drug-likeness (QED) is 0.650. The second kappa shape index (κ2) is 10.6. The van der Waals surface area contributed by atoms with Crippen molar-refractivity contribution < 1.29 is 27.5 Å². The molecular formula is C21H24F3N3O3. The molecule has 2 aromatic rings. The Hall–Kier alpha value is -3.07. The fourth-order valence-corrected chi connectivity index (χ4v) is 2.75. The summed E-state index contributed by atoms with van der Waals surface area (Å²) in [6.07, 6.45) is -4.58. The van der Waals surface area contributed by atoms with E-state index in [2.05, 4.69) is 10.6 Å². The number of amides is 2. The minimum atomic E-state index is -4.58. The predicted molar refractivity (Wildman–Crippen MR) is 107 cm³/mol. The number of ether oxygens (including phenoxy) is 1. The Kier molecular flexibility index (Phi) is 8.23. The molecule has 2 rings (SSSR count). The number of para-hydroxylation sites is 1. The molecule has 2 amide bonds. The lowest BCUT2D eigenvalue weighted by Crippen LogP contribution is -2.41. The van der Waals surface area contributed by atoms with Gasteiger partial charge in [0.05, 0.1) is 31.5 Å². The summed E-state index contributed by atoms with van der Waals surface area (Å²) in [7, 11) is 1.55. The Balaban J connectivity index is 1.89. The van der Waals surface area contributed by atoms with Crippen molar-refractivity contribution in [1.82, 2.24) is 10.2 Å². The van der Waals surface area contributed by atoms with E-state index in [1.807, 2.05) is 12.1 Å². The molecule has 0 heterocycles. The van der Waals surface area contributed by atoms with Crippen LogP contribution in [0.15, 0.2) is 48.5 Å². The fraction of sp³-hybridized carbons (Fsp3) is 0.333. The summed E-state index contributed by atoms with van der Waals surface area (Å²) in [5, 5.41) is 5.03. The summed E-state index contributed by atoms with van der Waals surface area (Å²) in [6.45, 7) is 2.15. The van der Waals surface area contributed by atoms with Crippen LogP contribution in [0.4, 0.5) is 18.9 Å². The third kappa shape index (κ3) is 7.07. The van der Waals surface area contributed by atoms with Gasteiger partial charge in [-0.3, -0.25) is 14.5 Å². The molecule has 0 aromatic heterocycles. The molecule has 0 fully saturated rings. The van der Waals surface area contributed by atoms with E-state index in [1.54, 1.807) is 26.2 Å². The number of carbonyl (C=O) groups excluding carboxylic acids is 2. The number of rotatable bonds is 9. The zero-order chi connectivity index (χ0) is 22.1. The molecule has 0 aliphatic carbocycles. The molecule has 0 aliphatic heterocycles. The molecule has 162 valence electrons. The van der Waals surface area contributed by atoms with Gasteiger partial charge in [0.15, 0.2) is 0 Å². The highest BCUT2D eigenvalue weighted by atomic mass is 19.4. The van der Waals surface area contributed by atoms with Crippen molar-refractivity contribution in [1.29, 1.82) is 0 Å². The van der Waals surface area contributed by atoms with Crippen LogP contribution in [-0.4, -0.2) is 43.5 Å². The average molecular weight is 423 g/mol. The van der Waals surface area contributed by atoms with Crippen molar-refractivity contribution >= 4 is 17.5 Å². The van der Waals surface area contributed by atoms with Crippen molar-refractivity contribution in [2.75, 3.05) is 32.1 Å². The van der Waals surface area contributed by atoms with Gasteiger partial charge in [-0.1, -0.05) is 31.2 Å². The molecule has 0 atom stereocenters. The van der Waals surface area contributed by atoms with Crippen LogP contribution in [0.1, 0.15) is 18.1 Å².